The summed E-state index contributed by atoms with van der Waals surface area (Å²) in [7, 11) is 0. The van der Waals surface area contributed by atoms with E-state index in [1.807, 2.05) is 26.0 Å². The van der Waals surface area contributed by atoms with Crippen LogP contribution in [0.5, 0.6) is 11.5 Å². The third-order valence-electron chi connectivity index (χ3n) is 4.11. The maximum atomic E-state index is 12.8. The molecule has 0 radical (unpaired) electrons. The highest BCUT2D eigenvalue weighted by molar-refractivity contribution is 7.22. The lowest BCUT2D eigenvalue weighted by Crippen LogP contribution is -2.34. The number of para-hydroxylation sites is 1. The second kappa shape index (κ2) is 7.96. The Labute approximate surface area is 171 Å². The van der Waals surface area contributed by atoms with Crippen LogP contribution in [0.1, 0.15) is 24.2 Å². The number of thiazole rings is 1. The van der Waals surface area contributed by atoms with Gasteiger partial charge in [-0.25, -0.2) is 9.78 Å². The number of amides is 3. The molecular weight excluding hydrogens is 392 g/mol. The normalized spacial score (nSPS) is 12.7. The largest absolute Gasteiger partial charge is 0.486 e. The Balaban J connectivity index is 1.54. The Morgan fingerprint density at radius 2 is 1.79 bits per heavy atom. The van der Waals surface area contributed by atoms with Crippen LogP contribution in [0.3, 0.4) is 0 Å². The summed E-state index contributed by atoms with van der Waals surface area (Å²) >= 11 is 1.34. The maximum absolute atomic E-state index is 12.8. The van der Waals surface area contributed by atoms with E-state index in [1.54, 1.807) is 24.3 Å². The Hall–Kier alpha value is -3.33. The van der Waals surface area contributed by atoms with Gasteiger partial charge in [-0.3, -0.25) is 10.1 Å². The summed E-state index contributed by atoms with van der Waals surface area (Å²) < 4.78 is 12.1. The third kappa shape index (κ3) is 4.24. The number of urea groups is 1. The number of hydrogen-bond acceptors (Lipinski definition) is 6. The maximum Gasteiger partial charge on any atom is 0.319 e. The van der Waals surface area contributed by atoms with Crippen molar-refractivity contribution in [2.45, 2.75) is 19.9 Å². The van der Waals surface area contributed by atoms with Gasteiger partial charge in [0.15, 0.2) is 16.6 Å². The summed E-state index contributed by atoms with van der Waals surface area (Å²) in [6.45, 7) is 4.73. The monoisotopic (exact) mass is 412 g/mol. The molecule has 2 heterocycles. The molecule has 3 aromatic rings. The molecule has 3 N–H and O–H groups in total. The lowest BCUT2D eigenvalue weighted by Gasteiger charge is -2.17. The van der Waals surface area contributed by atoms with Crippen LogP contribution < -0.4 is 25.4 Å². The Kier molecular flexibility index (Phi) is 5.22. The van der Waals surface area contributed by atoms with Crippen LogP contribution in [-0.2, 0) is 0 Å². The molecule has 0 fully saturated rings. The predicted molar refractivity (Wildman–Crippen MR) is 112 cm³/mol. The lowest BCUT2D eigenvalue weighted by atomic mass is 10.1. The van der Waals surface area contributed by atoms with Crippen LogP contribution in [0.25, 0.3) is 10.2 Å². The first-order chi connectivity index (χ1) is 14.0. The van der Waals surface area contributed by atoms with Crippen LogP contribution >= 0.6 is 11.3 Å². The molecule has 1 aliphatic rings. The zero-order chi connectivity index (χ0) is 20.4. The standard InChI is InChI=1S/C20H20N4O4S/c1-11(2)21-19(26)22-13-6-4-3-5-12(13)18(25)24-20-23-14-9-15-16(10-17(14)29-20)28-8-7-27-15/h3-6,9-11H,7-8H2,1-2H3,(H2,21,22,26)(H,23,24,25). The number of nitrogens with one attached hydrogen (secondary N) is 3. The third-order valence-corrected chi connectivity index (χ3v) is 5.05. The quantitative estimate of drug-likeness (QED) is 0.604. The van der Waals surface area contributed by atoms with Gasteiger partial charge in [-0.15, -0.1) is 0 Å². The van der Waals surface area contributed by atoms with Gasteiger partial charge in [0.25, 0.3) is 5.91 Å². The molecule has 0 unspecified atom stereocenters. The van der Waals surface area contributed by atoms with Gasteiger partial charge >= 0.3 is 6.03 Å². The van der Waals surface area contributed by atoms with Gasteiger partial charge < -0.3 is 20.1 Å². The second-order valence-electron chi connectivity index (χ2n) is 6.74. The average molecular weight is 412 g/mol. The van der Waals surface area contributed by atoms with Crippen LogP contribution in [0, 0.1) is 0 Å². The van der Waals surface area contributed by atoms with Crippen molar-refractivity contribution < 1.29 is 19.1 Å². The van der Waals surface area contributed by atoms with Gasteiger partial charge in [-0.05, 0) is 26.0 Å². The summed E-state index contributed by atoms with van der Waals surface area (Å²) in [6, 6.07) is 10.1. The van der Waals surface area contributed by atoms with E-state index in [1.165, 1.54) is 11.3 Å². The van der Waals surface area contributed by atoms with Crippen molar-refractivity contribution in [3.05, 3.63) is 42.0 Å². The summed E-state index contributed by atoms with van der Waals surface area (Å²) in [5.41, 5.74) is 1.48. The molecule has 29 heavy (non-hydrogen) atoms. The number of carbonyl (C=O) groups excluding carboxylic acids is 2. The smallest absolute Gasteiger partial charge is 0.319 e. The number of hydrogen-bond donors (Lipinski definition) is 3. The van der Waals surface area contributed by atoms with E-state index in [-0.39, 0.29) is 18.0 Å². The molecule has 150 valence electrons. The van der Waals surface area contributed by atoms with Crippen molar-refractivity contribution in [1.82, 2.24) is 10.3 Å². The topological polar surface area (TPSA) is 102 Å². The fraction of sp³-hybridized carbons (Fsp3) is 0.250. The van der Waals surface area contributed by atoms with Crippen molar-refractivity contribution >= 4 is 44.3 Å². The minimum atomic E-state index is -0.370. The SMILES string of the molecule is CC(C)NC(=O)Nc1ccccc1C(=O)Nc1nc2cc3c(cc2s1)OCCO3. The van der Waals surface area contributed by atoms with E-state index < -0.39 is 0 Å². The average Bonchev–Trinajstić information content (AvgIpc) is 3.06. The minimum absolute atomic E-state index is 0.0162. The molecule has 0 atom stereocenters. The first-order valence-electron chi connectivity index (χ1n) is 9.17. The van der Waals surface area contributed by atoms with E-state index in [0.717, 1.165) is 10.2 Å². The molecule has 4 rings (SSSR count). The summed E-state index contributed by atoms with van der Waals surface area (Å²) in [5, 5.41) is 8.71. The van der Waals surface area contributed by atoms with Gasteiger partial charge in [0.2, 0.25) is 0 Å². The van der Waals surface area contributed by atoms with E-state index in [0.29, 0.717) is 41.1 Å². The van der Waals surface area contributed by atoms with E-state index in [2.05, 4.69) is 20.9 Å². The molecule has 3 amide bonds. The first-order valence-corrected chi connectivity index (χ1v) is 9.99. The van der Waals surface area contributed by atoms with Crippen LogP contribution in [-0.4, -0.2) is 36.2 Å². The predicted octanol–water partition coefficient (Wildman–Crippen LogP) is 3.85. The Morgan fingerprint density at radius 1 is 1.07 bits per heavy atom. The number of fused-ring (bicyclic) bond motifs is 2. The molecule has 0 spiro atoms. The van der Waals surface area contributed by atoms with Gasteiger partial charge in [-0.2, -0.15) is 0 Å². The number of benzene rings is 2. The van der Waals surface area contributed by atoms with Crippen molar-refractivity contribution in [1.29, 1.82) is 0 Å². The Morgan fingerprint density at radius 3 is 2.55 bits per heavy atom. The molecule has 0 saturated heterocycles. The number of ether oxygens (including phenoxy) is 2. The van der Waals surface area contributed by atoms with E-state index >= 15 is 0 Å². The van der Waals surface area contributed by atoms with Gasteiger partial charge in [0.1, 0.15) is 13.2 Å². The molecule has 0 bridgehead atoms. The minimum Gasteiger partial charge on any atom is -0.486 e. The number of nitrogens with zero attached hydrogens (tertiary/aromatic N) is 1. The van der Waals surface area contributed by atoms with Crippen LogP contribution in [0.15, 0.2) is 36.4 Å². The second-order valence-corrected chi connectivity index (χ2v) is 7.77. The molecular formula is C20H20N4O4S. The molecule has 0 saturated carbocycles. The number of anilines is 2. The lowest BCUT2D eigenvalue weighted by molar-refractivity contribution is 0.102. The fourth-order valence-electron chi connectivity index (χ4n) is 2.89. The number of carbonyl (C=O) groups is 2. The fourth-order valence-corrected chi connectivity index (χ4v) is 3.76. The summed E-state index contributed by atoms with van der Waals surface area (Å²) in [6.07, 6.45) is 0. The van der Waals surface area contributed by atoms with Gasteiger partial charge in [-0.1, -0.05) is 23.5 Å². The molecule has 8 nitrogen and oxygen atoms in total. The number of aromatic nitrogens is 1. The molecule has 1 aromatic heterocycles. The van der Waals surface area contributed by atoms with Crippen molar-refractivity contribution in [2.24, 2.45) is 0 Å². The molecule has 2 aromatic carbocycles. The van der Waals surface area contributed by atoms with Crippen molar-refractivity contribution in [3.8, 4) is 11.5 Å². The zero-order valence-corrected chi connectivity index (χ0v) is 16.8. The van der Waals surface area contributed by atoms with Crippen molar-refractivity contribution in [3.63, 3.8) is 0 Å². The zero-order valence-electron chi connectivity index (χ0n) is 15.9. The summed E-state index contributed by atoms with van der Waals surface area (Å²) in [4.78, 5) is 29.3. The van der Waals surface area contributed by atoms with E-state index in [4.69, 9.17) is 9.47 Å². The molecule has 0 aliphatic carbocycles. The molecule has 9 heteroatoms. The van der Waals surface area contributed by atoms with Crippen LogP contribution in [0.2, 0.25) is 0 Å². The van der Waals surface area contributed by atoms with Crippen LogP contribution in [0.4, 0.5) is 15.6 Å². The highest BCUT2D eigenvalue weighted by Crippen LogP contribution is 2.38. The summed E-state index contributed by atoms with van der Waals surface area (Å²) in [5.74, 6) is 0.968. The number of rotatable bonds is 4. The Bertz CT molecular complexity index is 1040. The first kappa shape index (κ1) is 19.0. The van der Waals surface area contributed by atoms with Gasteiger partial charge in [0.05, 0.1) is 21.5 Å². The van der Waals surface area contributed by atoms with E-state index in [9.17, 15) is 9.59 Å². The highest BCUT2D eigenvalue weighted by atomic mass is 32.1. The van der Waals surface area contributed by atoms with Gasteiger partial charge in [0, 0.05) is 18.2 Å². The van der Waals surface area contributed by atoms with Crippen molar-refractivity contribution in [2.75, 3.05) is 23.8 Å². The highest BCUT2D eigenvalue weighted by Gasteiger charge is 2.18. The molecule has 1 aliphatic heterocycles.